The van der Waals surface area contributed by atoms with Gasteiger partial charge in [-0.3, -0.25) is 0 Å². The minimum absolute atomic E-state index is 0. The first-order valence-electron chi connectivity index (χ1n) is 3.19. The van der Waals surface area contributed by atoms with E-state index < -0.39 is 0 Å². The van der Waals surface area contributed by atoms with Crippen molar-refractivity contribution in [3.05, 3.63) is 24.3 Å². The van der Waals surface area contributed by atoms with Crippen LogP contribution >= 0.6 is 0 Å². The number of hydrogen-bond acceptors (Lipinski definition) is 2. The quantitative estimate of drug-likeness (QED) is 0.492. The molecular formula is C10H18BO2. The first-order chi connectivity index (χ1) is 4.95. The largest absolute Gasteiger partial charge is 0.306 e. The minimum atomic E-state index is -0.335. The smallest absolute Gasteiger partial charge is 0.303 e. The maximum Gasteiger partial charge on any atom is 0.303 e. The predicted molar refractivity (Wildman–Crippen MR) is 58.9 cm³/mol. The van der Waals surface area contributed by atoms with Gasteiger partial charge in [0.15, 0.2) is 0 Å². The molecule has 1 radical (unpaired) electrons. The molecule has 0 amide bonds. The molecule has 2 nitrogen and oxygen atoms in total. The van der Waals surface area contributed by atoms with E-state index in [9.17, 15) is 9.59 Å². The number of allylic oxidation sites excluding steroid dienone is 2. The lowest BCUT2D eigenvalue weighted by Crippen LogP contribution is -2.20. The predicted octanol–water partition coefficient (Wildman–Crippen LogP) is 2.17. The van der Waals surface area contributed by atoms with Crippen molar-refractivity contribution in [2.45, 2.75) is 28.7 Å². The number of carbonyl (C=O) groups excluding carboxylic acids is 2. The highest BCUT2D eigenvalue weighted by Crippen LogP contribution is 1.93. The van der Waals surface area contributed by atoms with Gasteiger partial charge < -0.3 is 9.59 Å². The molecule has 0 fully saturated rings. The zero-order chi connectivity index (χ0) is 9.02. The molecule has 3 heteroatoms. The van der Waals surface area contributed by atoms with E-state index in [1.807, 2.05) is 0 Å². The monoisotopic (exact) mass is 181 g/mol. The molecule has 0 bridgehead atoms. The molecule has 13 heavy (non-hydrogen) atoms. The Kier molecular flexibility index (Phi) is 10.3. The summed E-state index contributed by atoms with van der Waals surface area (Å²) in [6, 6.07) is 0. The van der Waals surface area contributed by atoms with E-state index in [0.717, 1.165) is 7.28 Å². The van der Waals surface area contributed by atoms with Crippen molar-refractivity contribution in [2.75, 3.05) is 0 Å². The molecule has 0 aromatic rings. The Labute approximate surface area is 82.0 Å². The van der Waals surface area contributed by atoms with Gasteiger partial charge in [-0.25, -0.2) is 0 Å². The summed E-state index contributed by atoms with van der Waals surface area (Å²) in [6.07, 6.45) is 0. The van der Waals surface area contributed by atoms with Crippen molar-refractivity contribution in [3.8, 4) is 0 Å². The van der Waals surface area contributed by atoms with E-state index in [1.165, 1.54) is 0 Å². The molecule has 0 unspecified atom stereocenters. The molecule has 0 aromatic heterocycles. The topological polar surface area (TPSA) is 34.1 Å². The van der Waals surface area contributed by atoms with Gasteiger partial charge in [0.2, 0.25) is 0 Å². The fourth-order valence-corrected chi connectivity index (χ4v) is 0.365. The summed E-state index contributed by atoms with van der Waals surface area (Å²) >= 11 is 0. The lowest BCUT2D eigenvalue weighted by Gasteiger charge is -1.95. The van der Waals surface area contributed by atoms with Gasteiger partial charge in [0, 0.05) is 0 Å². The van der Waals surface area contributed by atoms with Gasteiger partial charge >= 0.3 is 7.28 Å². The van der Waals surface area contributed by atoms with Crippen molar-refractivity contribution in [1.82, 2.24) is 0 Å². The summed E-state index contributed by atoms with van der Waals surface area (Å²) < 4.78 is 0. The van der Waals surface area contributed by atoms with Gasteiger partial charge in [-0.05, 0) is 25.0 Å². The lowest BCUT2D eigenvalue weighted by molar-refractivity contribution is -0.111. The zero-order valence-corrected chi connectivity index (χ0v) is 6.81. The van der Waals surface area contributed by atoms with Crippen LogP contribution in [0, 0.1) is 0 Å². The maximum atomic E-state index is 10.8. The third kappa shape index (κ3) is 7.25. The van der Waals surface area contributed by atoms with Crippen molar-refractivity contribution in [3.63, 3.8) is 0 Å². The van der Waals surface area contributed by atoms with E-state index in [1.54, 1.807) is 13.8 Å². The summed E-state index contributed by atoms with van der Waals surface area (Å²) in [5.41, 5.74) is 0.0511. The molecule has 0 N–H and O–H groups in total. The summed E-state index contributed by atoms with van der Waals surface area (Å²) in [4.78, 5) is 21.7. The molecule has 0 rings (SSSR count). The molecule has 0 aromatic carbocycles. The second-order valence-electron chi connectivity index (χ2n) is 2.43. The normalized spacial score (nSPS) is 7.23. The van der Waals surface area contributed by atoms with Gasteiger partial charge in [-0.15, -0.1) is 0 Å². The molecule has 73 valence electrons. The van der Waals surface area contributed by atoms with Gasteiger partial charge in [0.1, 0.15) is 11.4 Å². The number of carbonyl (C=O) groups is 2. The van der Waals surface area contributed by atoms with Crippen LogP contribution in [0.3, 0.4) is 0 Å². The zero-order valence-electron chi connectivity index (χ0n) is 6.81. The summed E-state index contributed by atoms with van der Waals surface area (Å²) in [5.74, 6) is 0. The Hall–Kier alpha value is -1.12. The number of hydrogen-bond donors (Lipinski definition) is 0. The van der Waals surface area contributed by atoms with Crippen LogP contribution in [0.4, 0.5) is 0 Å². The summed E-state index contributed by atoms with van der Waals surface area (Å²) in [7, 11) is 1.00. The number of rotatable bonds is 4. The molecular weight excluding hydrogens is 163 g/mol. The van der Waals surface area contributed by atoms with Gasteiger partial charge in [-0.2, -0.15) is 0 Å². The SMILES string of the molecule is C.C.C=C(C)C(=O)[B]C(=O)C(=C)C. The molecule has 0 spiro atoms. The highest BCUT2D eigenvalue weighted by Gasteiger charge is 2.12. The third-order valence-corrected chi connectivity index (χ3v) is 1.10. The Morgan fingerprint density at radius 2 is 1.15 bits per heavy atom. The van der Waals surface area contributed by atoms with Crippen LogP contribution in [0.15, 0.2) is 24.3 Å². The molecule has 0 aliphatic rings. The maximum absolute atomic E-state index is 10.8. The fraction of sp³-hybridized carbons (Fsp3) is 0.400. The highest BCUT2D eigenvalue weighted by atomic mass is 16.1. The van der Waals surface area contributed by atoms with E-state index >= 15 is 0 Å². The second kappa shape index (κ2) is 7.53. The van der Waals surface area contributed by atoms with Crippen molar-refractivity contribution in [2.24, 2.45) is 0 Å². The minimum Gasteiger partial charge on any atom is -0.306 e. The molecule has 0 aliphatic heterocycles. The van der Waals surface area contributed by atoms with Crippen LogP contribution in [0.5, 0.6) is 0 Å². The lowest BCUT2D eigenvalue weighted by atomic mass is 9.64. The Morgan fingerprint density at radius 3 is 1.31 bits per heavy atom. The second-order valence-corrected chi connectivity index (χ2v) is 2.43. The molecule has 0 aliphatic carbocycles. The third-order valence-electron chi connectivity index (χ3n) is 1.10. The van der Waals surface area contributed by atoms with Crippen LogP contribution in [0.2, 0.25) is 0 Å². The van der Waals surface area contributed by atoms with Gasteiger partial charge in [-0.1, -0.05) is 28.0 Å². The van der Waals surface area contributed by atoms with Crippen LogP contribution in [0.1, 0.15) is 28.7 Å². The summed E-state index contributed by atoms with van der Waals surface area (Å²) in [6.45, 7) is 9.93. The van der Waals surface area contributed by atoms with Crippen LogP contribution in [-0.4, -0.2) is 18.6 Å². The van der Waals surface area contributed by atoms with E-state index in [0.29, 0.717) is 11.1 Å². The summed E-state index contributed by atoms with van der Waals surface area (Å²) in [5, 5.41) is 0. The van der Waals surface area contributed by atoms with E-state index in [-0.39, 0.29) is 26.2 Å². The van der Waals surface area contributed by atoms with Gasteiger partial charge in [0.25, 0.3) is 0 Å². The van der Waals surface area contributed by atoms with Crippen LogP contribution in [0.25, 0.3) is 0 Å². The van der Waals surface area contributed by atoms with E-state index in [2.05, 4.69) is 13.2 Å². The first-order valence-corrected chi connectivity index (χ1v) is 3.19. The molecule has 0 saturated heterocycles. The van der Waals surface area contributed by atoms with E-state index in [4.69, 9.17) is 0 Å². The molecule has 0 atom stereocenters. The van der Waals surface area contributed by atoms with Gasteiger partial charge in [0.05, 0.1) is 0 Å². The first kappa shape index (κ1) is 17.8. The highest BCUT2D eigenvalue weighted by molar-refractivity contribution is 7.00. The molecule has 0 heterocycles. The average molecular weight is 181 g/mol. The fourth-order valence-electron chi connectivity index (χ4n) is 0.365. The Balaban J connectivity index is -0.000000500. The Morgan fingerprint density at radius 1 is 0.923 bits per heavy atom. The van der Waals surface area contributed by atoms with Crippen molar-refractivity contribution in [1.29, 1.82) is 0 Å². The van der Waals surface area contributed by atoms with Crippen molar-refractivity contribution >= 4 is 18.6 Å². The average Bonchev–Trinajstić information content (AvgIpc) is 1.87. The Bertz CT molecular complexity index is 205. The van der Waals surface area contributed by atoms with Crippen LogP contribution in [-0.2, 0) is 9.59 Å². The van der Waals surface area contributed by atoms with Crippen LogP contribution < -0.4 is 0 Å². The standard InChI is InChI=1S/C8H10BO2.2CH4/c1-5(2)7(10)9-8(11)6(3)4;;/h1,3H2,2,4H3;2*1H4. The molecule has 0 saturated carbocycles. The van der Waals surface area contributed by atoms with Crippen molar-refractivity contribution < 1.29 is 9.59 Å².